The molecular weight excluding hydrogens is 416 g/mol. The number of ether oxygens (including phenoxy) is 1. The summed E-state index contributed by atoms with van der Waals surface area (Å²) in [5.41, 5.74) is 0.588. The van der Waals surface area contributed by atoms with Gasteiger partial charge in [-0.3, -0.25) is 9.67 Å². The largest absolute Gasteiger partial charge is 0.444 e. The Morgan fingerprint density at radius 3 is 2.71 bits per heavy atom. The van der Waals surface area contributed by atoms with E-state index in [0.29, 0.717) is 18.1 Å². The summed E-state index contributed by atoms with van der Waals surface area (Å²) in [5.74, 6) is 0.791. The fourth-order valence-electron chi connectivity index (χ4n) is 3.58. The van der Waals surface area contributed by atoms with E-state index in [4.69, 9.17) is 16.3 Å². The molecule has 1 unspecified atom stereocenters. The highest BCUT2D eigenvalue weighted by atomic mass is 35.5. The molecule has 2 atom stereocenters. The van der Waals surface area contributed by atoms with Crippen LogP contribution in [0.5, 0.6) is 0 Å². The van der Waals surface area contributed by atoms with Crippen LogP contribution in [0.1, 0.15) is 38.8 Å². The summed E-state index contributed by atoms with van der Waals surface area (Å²) >= 11 is 6.06. The van der Waals surface area contributed by atoms with E-state index in [1.54, 1.807) is 13.2 Å². The highest BCUT2D eigenvalue weighted by Gasteiger charge is 2.28. The lowest BCUT2D eigenvalue weighted by molar-refractivity contribution is 0.0507. The van der Waals surface area contributed by atoms with Crippen molar-refractivity contribution in [2.45, 2.75) is 44.9 Å². The Balaban J connectivity index is 1.60. The summed E-state index contributed by atoms with van der Waals surface area (Å²) < 4.78 is 7.28. The fourth-order valence-corrected chi connectivity index (χ4v) is 3.70. The number of nitrogens with zero attached hydrogens (tertiary/aromatic N) is 4. The number of hydrogen-bond donors (Lipinski definition) is 2. The van der Waals surface area contributed by atoms with Gasteiger partial charge < -0.3 is 20.3 Å². The van der Waals surface area contributed by atoms with Crippen LogP contribution in [-0.4, -0.2) is 65.1 Å². The lowest BCUT2D eigenvalue weighted by Crippen LogP contribution is -2.45. The zero-order valence-electron chi connectivity index (χ0n) is 18.5. The minimum absolute atomic E-state index is 0.0118. The minimum Gasteiger partial charge on any atom is -0.444 e. The van der Waals surface area contributed by atoms with Crippen molar-refractivity contribution >= 4 is 23.7 Å². The van der Waals surface area contributed by atoms with Gasteiger partial charge >= 0.3 is 6.09 Å². The van der Waals surface area contributed by atoms with Crippen LogP contribution in [0.25, 0.3) is 0 Å². The van der Waals surface area contributed by atoms with Crippen molar-refractivity contribution in [3.63, 3.8) is 0 Å². The molecule has 168 valence electrons. The number of amides is 1. The SMILES string of the molecule is CN=C(NCC(c1ccc(Cl)cc1)n1cccn1)N1CC[C@@H](NC(=O)OC(C)(C)C)C1. The number of likely N-dealkylation sites (tertiary alicyclic amines) is 1. The topological polar surface area (TPSA) is 83.8 Å². The Bertz CT molecular complexity index is 876. The van der Waals surface area contributed by atoms with Gasteiger partial charge in [0.05, 0.1) is 12.1 Å². The monoisotopic (exact) mass is 446 g/mol. The summed E-state index contributed by atoms with van der Waals surface area (Å²) in [6.07, 6.45) is 4.16. The second kappa shape index (κ2) is 10.0. The summed E-state index contributed by atoms with van der Waals surface area (Å²) in [7, 11) is 1.77. The Morgan fingerprint density at radius 2 is 2.10 bits per heavy atom. The number of guanidine groups is 1. The van der Waals surface area contributed by atoms with Crippen molar-refractivity contribution in [3.8, 4) is 0 Å². The predicted octanol–water partition coefficient (Wildman–Crippen LogP) is 3.30. The predicted molar refractivity (Wildman–Crippen MR) is 123 cm³/mol. The first-order valence-corrected chi connectivity index (χ1v) is 10.8. The van der Waals surface area contributed by atoms with Crippen LogP contribution < -0.4 is 10.6 Å². The molecule has 1 aromatic heterocycles. The summed E-state index contributed by atoms with van der Waals surface area (Å²) in [6.45, 7) is 7.65. The van der Waals surface area contributed by atoms with Gasteiger partial charge in [0, 0.05) is 44.1 Å². The maximum absolute atomic E-state index is 12.1. The van der Waals surface area contributed by atoms with Crippen molar-refractivity contribution in [3.05, 3.63) is 53.3 Å². The van der Waals surface area contributed by atoms with E-state index in [2.05, 4.69) is 25.6 Å². The molecular formula is C22H31ClN6O2. The maximum Gasteiger partial charge on any atom is 0.407 e. The number of carbonyl (C=O) groups is 1. The van der Waals surface area contributed by atoms with Gasteiger partial charge in [-0.2, -0.15) is 5.10 Å². The van der Waals surface area contributed by atoms with Crippen molar-refractivity contribution in [1.82, 2.24) is 25.3 Å². The fraction of sp³-hybridized carbons (Fsp3) is 0.500. The molecule has 1 amide bonds. The van der Waals surface area contributed by atoms with Crippen LogP contribution in [0.15, 0.2) is 47.7 Å². The Labute approximate surface area is 188 Å². The molecule has 1 aromatic carbocycles. The van der Waals surface area contributed by atoms with E-state index in [9.17, 15) is 4.79 Å². The van der Waals surface area contributed by atoms with Gasteiger partial charge in [-0.1, -0.05) is 23.7 Å². The second-order valence-corrected chi connectivity index (χ2v) is 9.00. The summed E-state index contributed by atoms with van der Waals surface area (Å²) in [4.78, 5) is 18.7. The third kappa shape index (κ3) is 6.62. The number of aliphatic imine (C=N–C) groups is 1. The lowest BCUT2D eigenvalue weighted by atomic mass is 10.1. The summed E-state index contributed by atoms with van der Waals surface area (Å²) in [5, 5.41) is 11.5. The number of nitrogens with one attached hydrogen (secondary N) is 2. The molecule has 2 N–H and O–H groups in total. The molecule has 0 spiro atoms. The lowest BCUT2D eigenvalue weighted by Gasteiger charge is -2.25. The van der Waals surface area contributed by atoms with Gasteiger partial charge in [-0.05, 0) is 51.0 Å². The molecule has 9 heteroatoms. The number of carbonyl (C=O) groups excluding carboxylic acids is 1. The van der Waals surface area contributed by atoms with Crippen LogP contribution in [0.3, 0.4) is 0 Å². The van der Waals surface area contributed by atoms with Gasteiger partial charge in [0.25, 0.3) is 0 Å². The zero-order chi connectivity index (χ0) is 22.4. The van der Waals surface area contributed by atoms with E-state index in [1.807, 2.05) is 62.0 Å². The Hall–Kier alpha value is -2.74. The van der Waals surface area contributed by atoms with Crippen LogP contribution in [0, 0.1) is 0 Å². The van der Waals surface area contributed by atoms with Crippen molar-refractivity contribution in [2.75, 3.05) is 26.7 Å². The zero-order valence-corrected chi connectivity index (χ0v) is 19.3. The smallest absolute Gasteiger partial charge is 0.407 e. The standard InChI is InChI=1S/C22H31ClN6O2/c1-22(2,3)31-21(30)27-18-10-13-28(15-18)20(24-4)25-14-19(29-12-5-11-26-29)16-6-8-17(23)9-7-16/h5-9,11-12,18-19H,10,13-15H2,1-4H3,(H,24,25)(H,27,30)/t18-,19?/m1/s1. The Morgan fingerprint density at radius 1 is 1.35 bits per heavy atom. The first kappa shape index (κ1) is 22.9. The normalized spacial score (nSPS) is 18.0. The molecule has 1 fully saturated rings. The number of aromatic nitrogens is 2. The van der Waals surface area contributed by atoms with Crippen molar-refractivity contribution < 1.29 is 9.53 Å². The van der Waals surface area contributed by atoms with Gasteiger partial charge in [-0.15, -0.1) is 0 Å². The number of alkyl carbamates (subject to hydrolysis) is 1. The molecule has 0 saturated carbocycles. The maximum atomic E-state index is 12.1. The van der Waals surface area contributed by atoms with Crippen LogP contribution in [-0.2, 0) is 4.74 Å². The molecule has 31 heavy (non-hydrogen) atoms. The van der Waals surface area contributed by atoms with E-state index in [1.165, 1.54) is 0 Å². The molecule has 0 radical (unpaired) electrons. The molecule has 2 heterocycles. The third-order valence-corrected chi connectivity index (χ3v) is 5.22. The number of hydrogen-bond acceptors (Lipinski definition) is 4. The van der Waals surface area contributed by atoms with Crippen LogP contribution in [0.4, 0.5) is 4.79 Å². The average molecular weight is 447 g/mol. The van der Waals surface area contributed by atoms with Crippen molar-refractivity contribution in [2.24, 2.45) is 4.99 Å². The van der Waals surface area contributed by atoms with Crippen LogP contribution >= 0.6 is 11.6 Å². The van der Waals surface area contributed by atoms with Gasteiger partial charge in [0.2, 0.25) is 0 Å². The molecule has 8 nitrogen and oxygen atoms in total. The minimum atomic E-state index is -0.511. The molecule has 1 saturated heterocycles. The van der Waals surface area contributed by atoms with E-state index < -0.39 is 5.60 Å². The quantitative estimate of drug-likeness (QED) is 0.543. The van der Waals surface area contributed by atoms with Crippen molar-refractivity contribution in [1.29, 1.82) is 0 Å². The molecule has 3 rings (SSSR count). The average Bonchev–Trinajstić information content (AvgIpc) is 3.37. The van der Waals surface area contributed by atoms with E-state index in [0.717, 1.165) is 24.5 Å². The number of benzene rings is 1. The van der Waals surface area contributed by atoms with Gasteiger partial charge in [0.1, 0.15) is 5.60 Å². The third-order valence-electron chi connectivity index (χ3n) is 4.97. The molecule has 1 aliphatic heterocycles. The molecule has 2 aromatic rings. The Kier molecular flexibility index (Phi) is 7.43. The van der Waals surface area contributed by atoms with Gasteiger partial charge in [-0.25, -0.2) is 4.79 Å². The first-order valence-electron chi connectivity index (χ1n) is 10.4. The molecule has 0 bridgehead atoms. The number of halogens is 1. The van der Waals surface area contributed by atoms with E-state index >= 15 is 0 Å². The molecule has 0 aliphatic carbocycles. The second-order valence-electron chi connectivity index (χ2n) is 8.56. The van der Waals surface area contributed by atoms with Crippen LogP contribution in [0.2, 0.25) is 5.02 Å². The number of rotatable bonds is 5. The van der Waals surface area contributed by atoms with Gasteiger partial charge in [0.15, 0.2) is 5.96 Å². The highest BCUT2D eigenvalue weighted by molar-refractivity contribution is 6.30. The molecule has 1 aliphatic rings. The summed E-state index contributed by atoms with van der Waals surface area (Å²) in [6, 6.07) is 9.70. The first-order chi connectivity index (χ1) is 14.7. The highest BCUT2D eigenvalue weighted by Crippen LogP contribution is 2.20. The van der Waals surface area contributed by atoms with E-state index in [-0.39, 0.29) is 18.2 Å².